The molecule has 2 aromatic carbocycles. The summed E-state index contributed by atoms with van der Waals surface area (Å²) < 4.78 is 20.6. The van der Waals surface area contributed by atoms with Crippen molar-refractivity contribution in [1.29, 1.82) is 0 Å². The Morgan fingerprint density at radius 2 is 1.25 bits per heavy atom. The molecule has 2 heterocycles. The molecule has 0 atom stereocenters. The summed E-state index contributed by atoms with van der Waals surface area (Å²) in [5.41, 5.74) is 3.64. The zero-order valence-electron chi connectivity index (χ0n) is 20.1. The summed E-state index contributed by atoms with van der Waals surface area (Å²) >= 11 is 3.32. The number of hydrogen-bond acceptors (Lipinski definition) is 10. The molecule has 0 fully saturated rings. The van der Waals surface area contributed by atoms with E-state index in [1.165, 1.54) is 21.0 Å². The molecule has 0 unspecified atom stereocenters. The second-order valence-corrected chi connectivity index (χ2v) is 8.33. The van der Waals surface area contributed by atoms with Crippen molar-refractivity contribution in [2.24, 2.45) is 0 Å². The van der Waals surface area contributed by atoms with Crippen LogP contribution < -0.4 is 0 Å². The number of carbonyl (C=O) groups is 2. The van der Waals surface area contributed by atoms with E-state index in [0.717, 1.165) is 27.5 Å². The van der Waals surface area contributed by atoms with Crippen LogP contribution in [-0.2, 0) is 22.7 Å². The van der Waals surface area contributed by atoms with Gasteiger partial charge in [0.25, 0.3) is 0 Å². The fraction of sp³-hybridized carbons (Fsp3) is 0.250. The quantitative estimate of drug-likeness (QED) is 0.213. The van der Waals surface area contributed by atoms with Crippen molar-refractivity contribution in [2.45, 2.75) is 27.0 Å². The SMILES string of the molecule is CB(O)O.COC(=O)c1cc2cc(CO)cc(Br)c2o1.COC(=O)c1cc2cc(CO)cc(C)c2o1. The number of carbonyl (C=O) groups excluding carboxylic acids is 2. The molecule has 0 aliphatic carbocycles. The Bertz CT molecular complexity index is 1240. The third-order valence-electron chi connectivity index (χ3n) is 4.63. The van der Waals surface area contributed by atoms with Gasteiger partial charge in [0.1, 0.15) is 11.2 Å². The van der Waals surface area contributed by atoms with Crippen LogP contribution in [0.1, 0.15) is 37.8 Å². The molecule has 0 aliphatic heterocycles. The number of rotatable bonds is 4. The van der Waals surface area contributed by atoms with Crippen molar-refractivity contribution in [1.82, 2.24) is 0 Å². The van der Waals surface area contributed by atoms with Gasteiger partial charge in [-0.25, -0.2) is 9.59 Å². The first-order chi connectivity index (χ1) is 17.0. The van der Waals surface area contributed by atoms with Crippen molar-refractivity contribution in [3.63, 3.8) is 0 Å². The maximum atomic E-state index is 11.3. The molecule has 0 radical (unpaired) electrons. The minimum absolute atomic E-state index is 0.0322. The average Bonchev–Trinajstić information content (AvgIpc) is 3.48. The molecule has 0 bridgehead atoms. The van der Waals surface area contributed by atoms with Crippen LogP contribution in [-0.4, -0.2) is 53.5 Å². The molecule has 12 heteroatoms. The van der Waals surface area contributed by atoms with Crippen LogP contribution in [0.25, 0.3) is 21.9 Å². The van der Waals surface area contributed by atoms with Crippen LogP contribution in [0.4, 0.5) is 0 Å². The molecule has 192 valence electrons. The number of ether oxygens (including phenoxy) is 2. The number of hydrogen-bond donors (Lipinski definition) is 4. The van der Waals surface area contributed by atoms with E-state index in [1.807, 2.05) is 13.0 Å². The van der Waals surface area contributed by atoms with Crippen molar-refractivity contribution in [2.75, 3.05) is 14.2 Å². The Balaban J connectivity index is 0.000000221. The minimum Gasteiger partial charge on any atom is -0.463 e. The summed E-state index contributed by atoms with van der Waals surface area (Å²) in [4.78, 5) is 22.6. The number of furan rings is 2. The Hall–Kier alpha value is -3.16. The van der Waals surface area contributed by atoms with E-state index in [1.54, 1.807) is 30.3 Å². The Morgan fingerprint density at radius 3 is 1.69 bits per heavy atom. The smallest absolute Gasteiger partial charge is 0.448 e. The summed E-state index contributed by atoms with van der Waals surface area (Å²) in [6, 6.07) is 10.3. The van der Waals surface area contributed by atoms with Gasteiger partial charge in [0.15, 0.2) is 0 Å². The first-order valence-electron chi connectivity index (χ1n) is 10.5. The summed E-state index contributed by atoms with van der Waals surface area (Å²) in [5, 5.41) is 34.9. The number of fused-ring (bicyclic) bond motifs is 2. The first kappa shape index (κ1) is 29.1. The maximum absolute atomic E-state index is 11.3. The van der Waals surface area contributed by atoms with Crippen molar-refractivity contribution in [3.05, 3.63) is 69.1 Å². The van der Waals surface area contributed by atoms with E-state index >= 15 is 0 Å². The van der Waals surface area contributed by atoms with Gasteiger partial charge in [0, 0.05) is 10.8 Å². The van der Waals surface area contributed by atoms with Gasteiger partial charge < -0.3 is 38.6 Å². The fourth-order valence-corrected chi connectivity index (χ4v) is 3.76. The predicted molar refractivity (Wildman–Crippen MR) is 135 cm³/mol. The van der Waals surface area contributed by atoms with Gasteiger partial charge in [-0.05, 0) is 76.7 Å². The van der Waals surface area contributed by atoms with Crippen LogP contribution in [0, 0.1) is 6.92 Å². The molecule has 0 spiro atoms. The zero-order chi connectivity index (χ0) is 27.0. The van der Waals surface area contributed by atoms with Gasteiger partial charge in [-0.3, -0.25) is 0 Å². The van der Waals surface area contributed by atoms with E-state index in [0.29, 0.717) is 15.6 Å². The van der Waals surface area contributed by atoms with Gasteiger partial charge in [0.05, 0.1) is 31.9 Å². The predicted octanol–water partition coefficient (Wildman–Crippen LogP) is 3.58. The van der Waals surface area contributed by atoms with E-state index in [9.17, 15) is 9.59 Å². The third kappa shape index (κ3) is 7.42. The van der Waals surface area contributed by atoms with Crippen LogP contribution in [0.2, 0.25) is 6.82 Å². The second-order valence-electron chi connectivity index (χ2n) is 7.48. The highest BCUT2D eigenvalue weighted by Crippen LogP contribution is 2.29. The summed E-state index contributed by atoms with van der Waals surface area (Å²) in [7, 11) is 1.44. The lowest BCUT2D eigenvalue weighted by atomic mass is 9.99. The molecule has 4 N–H and O–H groups in total. The monoisotopic (exact) mass is 564 g/mol. The molecule has 0 saturated heterocycles. The molecular formula is C24H26BBrO10. The van der Waals surface area contributed by atoms with Gasteiger partial charge >= 0.3 is 19.1 Å². The first-order valence-corrected chi connectivity index (χ1v) is 11.3. The Morgan fingerprint density at radius 1 is 0.833 bits per heavy atom. The molecule has 4 aromatic rings. The van der Waals surface area contributed by atoms with E-state index < -0.39 is 19.1 Å². The third-order valence-corrected chi connectivity index (χ3v) is 5.22. The summed E-state index contributed by atoms with van der Waals surface area (Å²) in [5.74, 6) is -0.696. The highest BCUT2D eigenvalue weighted by molar-refractivity contribution is 9.10. The Labute approximate surface area is 215 Å². The minimum atomic E-state index is -1.17. The van der Waals surface area contributed by atoms with Crippen molar-refractivity contribution < 1.29 is 48.2 Å². The number of aliphatic hydroxyl groups excluding tert-OH is 2. The van der Waals surface area contributed by atoms with Gasteiger partial charge in [0.2, 0.25) is 11.5 Å². The maximum Gasteiger partial charge on any atom is 0.448 e. The number of aryl methyl sites for hydroxylation is 1. The van der Waals surface area contributed by atoms with Crippen molar-refractivity contribution >= 4 is 56.9 Å². The molecule has 10 nitrogen and oxygen atoms in total. The van der Waals surface area contributed by atoms with E-state index in [4.69, 9.17) is 29.1 Å². The molecule has 0 amide bonds. The topological polar surface area (TPSA) is 160 Å². The highest BCUT2D eigenvalue weighted by Gasteiger charge is 2.15. The number of methoxy groups -OCH3 is 2. The molecule has 2 aromatic heterocycles. The lowest BCUT2D eigenvalue weighted by Gasteiger charge is -1.98. The van der Waals surface area contributed by atoms with Crippen molar-refractivity contribution in [3.8, 4) is 0 Å². The fourth-order valence-electron chi connectivity index (χ4n) is 3.16. The number of aliphatic hydroxyl groups is 2. The number of halogens is 1. The second kappa shape index (κ2) is 13.2. The number of esters is 2. The zero-order valence-corrected chi connectivity index (χ0v) is 21.7. The van der Waals surface area contributed by atoms with Gasteiger partial charge in [-0.2, -0.15) is 0 Å². The van der Waals surface area contributed by atoms with Crippen LogP contribution in [0.5, 0.6) is 0 Å². The summed E-state index contributed by atoms with van der Waals surface area (Å²) in [6.45, 7) is 3.05. The van der Waals surface area contributed by atoms with Crippen LogP contribution >= 0.6 is 15.9 Å². The average molecular weight is 565 g/mol. The summed E-state index contributed by atoms with van der Waals surface area (Å²) in [6.07, 6.45) is 0. The van der Waals surface area contributed by atoms with Crippen LogP contribution in [0.3, 0.4) is 0 Å². The molecule has 0 saturated carbocycles. The standard InChI is InChI=1S/C12H12O4.C11H9BrO4.CH5BO2/c1-7-3-8(6-13)4-9-5-10(12(14)15-2)16-11(7)9;1-15-11(14)9-4-7-2-6(5-13)3-8(12)10(7)16-9;1-2(3)4/h3-5,13H,6H2,1-2H3;2-4,13H,5H2,1H3;3-4H,1H3. The van der Waals surface area contributed by atoms with E-state index in [-0.39, 0.29) is 24.7 Å². The van der Waals surface area contributed by atoms with Gasteiger partial charge in [-0.15, -0.1) is 0 Å². The van der Waals surface area contributed by atoms with Crippen LogP contribution in [0.15, 0.2) is 49.7 Å². The van der Waals surface area contributed by atoms with E-state index in [2.05, 4.69) is 25.4 Å². The normalized spacial score (nSPS) is 10.2. The molecular weight excluding hydrogens is 539 g/mol. The molecule has 4 rings (SSSR count). The Kier molecular flexibility index (Phi) is 10.7. The van der Waals surface area contributed by atoms with Gasteiger partial charge in [-0.1, -0.05) is 6.07 Å². The lowest BCUT2D eigenvalue weighted by molar-refractivity contribution is 0.0559. The molecule has 36 heavy (non-hydrogen) atoms. The largest absolute Gasteiger partial charge is 0.463 e. The molecule has 0 aliphatic rings. The lowest BCUT2D eigenvalue weighted by Crippen LogP contribution is -2.00. The highest BCUT2D eigenvalue weighted by atomic mass is 79.9. The number of benzene rings is 2.